The molecule has 35 heavy (non-hydrogen) atoms. The highest BCUT2D eigenvalue weighted by molar-refractivity contribution is 6.13. The number of aryl methyl sites for hydroxylation is 1. The maximum atomic E-state index is 13.2. The number of phenols is 1. The number of hydrogen-bond donors (Lipinski definition) is 3. The number of ether oxygens (including phenoxy) is 2. The van der Waals surface area contributed by atoms with Crippen LogP contribution in [0.4, 0.5) is 11.4 Å². The third-order valence-electron chi connectivity index (χ3n) is 5.59. The first-order valence-corrected chi connectivity index (χ1v) is 11.0. The van der Waals surface area contributed by atoms with Gasteiger partial charge < -0.3 is 25.2 Å². The average molecular weight is 472 g/mol. The van der Waals surface area contributed by atoms with Crippen LogP contribution < -0.4 is 20.1 Å². The summed E-state index contributed by atoms with van der Waals surface area (Å²) in [6, 6.07) is 17.1. The van der Waals surface area contributed by atoms with Gasteiger partial charge in [-0.1, -0.05) is 31.2 Å². The largest absolute Gasteiger partial charge is 0.506 e. The average Bonchev–Trinajstić information content (AvgIpc) is 2.88. The van der Waals surface area contributed by atoms with Crippen molar-refractivity contribution in [2.45, 2.75) is 13.3 Å². The second-order valence-electron chi connectivity index (χ2n) is 7.78. The number of anilines is 2. The van der Waals surface area contributed by atoms with Gasteiger partial charge in [-0.05, 0) is 42.3 Å². The fraction of sp³-hybridized carbons (Fsp3) is 0.148. The Morgan fingerprint density at radius 1 is 0.914 bits per heavy atom. The first-order valence-electron chi connectivity index (χ1n) is 11.0. The van der Waals surface area contributed by atoms with E-state index in [-0.39, 0.29) is 22.6 Å². The Kier molecular flexibility index (Phi) is 6.82. The molecular formula is C27H25N3O5. The summed E-state index contributed by atoms with van der Waals surface area (Å²) in [6.07, 6.45) is 2.26. The van der Waals surface area contributed by atoms with Crippen molar-refractivity contribution in [3.8, 4) is 17.2 Å². The Labute approximate surface area is 202 Å². The molecule has 4 rings (SSSR count). The van der Waals surface area contributed by atoms with Gasteiger partial charge >= 0.3 is 0 Å². The summed E-state index contributed by atoms with van der Waals surface area (Å²) in [6.45, 7) is 2.06. The minimum absolute atomic E-state index is 0.0280. The molecule has 0 aliphatic rings. The minimum atomic E-state index is -0.476. The topological polar surface area (TPSA) is 110 Å². The molecule has 0 saturated heterocycles. The predicted molar refractivity (Wildman–Crippen MR) is 135 cm³/mol. The zero-order chi connectivity index (χ0) is 24.9. The van der Waals surface area contributed by atoms with Gasteiger partial charge in [-0.25, -0.2) is 0 Å². The summed E-state index contributed by atoms with van der Waals surface area (Å²) in [5, 5.41) is 16.2. The number of pyridine rings is 1. The molecule has 0 fully saturated rings. The molecule has 0 unspecified atom stereocenters. The first kappa shape index (κ1) is 23.6. The van der Waals surface area contributed by atoms with Crippen molar-refractivity contribution in [1.29, 1.82) is 0 Å². The number of methoxy groups -OCH3 is 2. The number of carbonyl (C=O) groups is 2. The summed E-state index contributed by atoms with van der Waals surface area (Å²) >= 11 is 0. The van der Waals surface area contributed by atoms with Gasteiger partial charge in [-0.15, -0.1) is 0 Å². The third kappa shape index (κ3) is 5.01. The van der Waals surface area contributed by atoms with E-state index in [4.69, 9.17) is 9.47 Å². The standard InChI is InChI=1S/C27H25N3O5/c1-4-16-8-10-19(11-9-16)29-27(33)20-13-23(34-2)24(35-3)14-21(20)30-26(32)18-12-17-6-5-7-22(31)25(17)28-15-18/h5-15,31H,4H2,1-3H3,(H,29,33)(H,30,32). The maximum Gasteiger partial charge on any atom is 0.257 e. The van der Waals surface area contributed by atoms with Crippen molar-refractivity contribution < 1.29 is 24.2 Å². The number of rotatable bonds is 7. The number of hydrogen-bond acceptors (Lipinski definition) is 6. The number of aromatic hydroxyl groups is 1. The van der Waals surface area contributed by atoms with Gasteiger partial charge in [-0.2, -0.15) is 0 Å². The molecule has 0 atom stereocenters. The van der Waals surface area contributed by atoms with E-state index >= 15 is 0 Å². The van der Waals surface area contributed by atoms with Crippen LogP contribution in [0.15, 0.2) is 66.9 Å². The Balaban J connectivity index is 1.67. The number of para-hydroxylation sites is 1. The molecule has 1 heterocycles. The van der Waals surface area contributed by atoms with Crippen LogP contribution in [-0.2, 0) is 6.42 Å². The number of amides is 2. The lowest BCUT2D eigenvalue weighted by atomic mass is 10.1. The van der Waals surface area contributed by atoms with Crippen LogP contribution in [0.2, 0.25) is 0 Å². The fourth-order valence-electron chi connectivity index (χ4n) is 3.66. The summed E-state index contributed by atoms with van der Waals surface area (Å²) in [4.78, 5) is 30.5. The second kappa shape index (κ2) is 10.1. The molecule has 2 amide bonds. The lowest BCUT2D eigenvalue weighted by molar-refractivity contribution is 0.102. The van der Waals surface area contributed by atoms with E-state index in [1.165, 1.54) is 38.6 Å². The molecule has 8 nitrogen and oxygen atoms in total. The molecule has 0 radical (unpaired) electrons. The van der Waals surface area contributed by atoms with Crippen molar-refractivity contribution in [2.24, 2.45) is 0 Å². The molecule has 8 heteroatoms. The van der Waals surface area contributed by atoms with Crippen molar-refractivity contribution in [1.82, 2.24) is 4.98 Å². The predicted octanol–water partition coefficient (Wildman–Crippen LogP) is 5.02. The number of aromatic nitrogens is 1. The molecule has 1 aromatic heterocycles. The number of nitrogens with one attached hydrogen (secondary N) is 2. The van der Waals surface area contributed by atoms with Crippen LogP contribution in [0.1, 0.15) is 33.2 Å². The van der Waals surface area contributed by atoms with Crippen molar-refractivity contribution in [2.75, 3.05) is 24.9 Å². The Morgan fingerprint density at radius 3 is 2.31 bits per heavy atom. The van der Waals surface area contributed by atoms with E-state index in [2.05, 4.69) is 22.5 Å². The van der Waals surface area contributed by atoms with Crippen molar-refractivity contribution in [3.63, 3.8) is 0 Å². The van der Waals surface area contributed by atoms with Gasteiger partial charge in [0.2, 0.25) is 0 Å². The lowest BCUT2D eigenvalue weighted by Crippen LogP contribution is -2.19. The first-order chi connectivity index (χ1) is 16.9. The monoisotopic (exact) mass is 471 g/mol. The third-order valence-corrected chi connectivity index (χ3v) is 5.59. The molecule has 3 N–H and O–H groups in total. The highest BCUT2D eigenvalue weighted by Crippen LogP contribution is 2.34. The SMILES string of the molecule is CCc1ccc(NC(=O)c2cc(OC)c(OC)cc2NC(=O)c2cnc3c(O)cccc3c2)cc1. The molecular weight excluding hydrogens is 446 g/mol. The van der Waals surface area contributed by atoms with Crippen LogP contribution in [0.5, 0.6) is 17.2 Å². The molecule has 3 aromatic carbocycles. The second-order valence-corrected chi connectivity index (χ2v) is 7.78. The van der Waals surface area contributed by atoms with Gasteiger partial charge in [-0.3, -0.25) is 14.6 Å². The van der Waals surface area contributed by atoms with Gasteiger partial charge in [0.25, 0.3) is 11.8 Å². The number of benzene rings is 3. The highest BCUT2D eigenvalue weighted by atomic mass is 16.5. The zero-order valence-electron chi connectivity index (χ0n) is 19.6. The highest BCUT2D eigenvalue weighted by Gasteiger charge is 2.20. The normalized spacial score (nSPS) is 10.6. The molecule has 0 spiro atoms. The number of phenolic OH excluding ortho intramolecular Hbond substituents is 1. The van der Waals surface area contributed by atoms with E-state index in [1.54, 1.807) is 18.2 Å². The van der Waals surface area contributed by atoms with E-state index < -0.39 is 11.8 Å². The number of fused-ring (bicyclic) bond motifs is 1. The summed E-state index contributed by atoms with van der Waals surface area (Å²) in [5.41, 5.74) is 2.87. The number of carbonyl (C=O) groups excluding carboxylic acids is 2. The van der Waals surface area contributed by atoms with Crippen LogP contribution in [0.25, 0.3) is 10.9 Å². The molecule has 178 valence electrons. The zero-order valence-corrected chi connectivity index (χ0v) is 19.6. The van der Waals surface area contributed by atoms with Crippen molar-refractivity contribution in [3.05, 3.63) is 83.6 Å². The van der Waals surface area contributed by atoms with Gasteiger partial charge in [0.1, 0.15) is 11.3 Å². The van der Waals surface area contributed by atoms with Gasteiger partial charge in [0.15, 0.2) is 11.5 Å². The van der Waals surface area contributed by atoms with Crippen LogP contribution >= 0.6 is 0 Å². The molecule has 0 bridgehead atoms. The van der Waals surface area contributed by atoms with Gasteiger partial charge in [0, 0.05) is 23.3 Å². The molecule has 0 saturated carbocycles. The van der Waals surface area contributed by atoms with Crippen LogP contribution in [0, 0.1) is 0 Å². The fourth-order valence-corrected chi connectivity index (χ4v) is 3.66. The minimum Gasteiger partial charge on any atom is -0.506 e. The van der Waals surface area contributed by atoms with Crippen molar-refractivity contribution >= 4 is 34.1 Å². The summed E-state index contributed by atoms with van der Waals surface area (Å²) in [5.74, 6) is -0.170. The molecule has 0 aliphatic heterocycles. The van der Waals surface area contributed by atoms with Gasteiger partial charge in [0.05, 0.1) is 31.0 Å². The summed E-state index contributed by atoms with van der Waals surface area (Å²) in [7, 11) is 2.94. The molecule has 0 aliphatic carbocycles. The Hall–Kier alpha value is -4.59. The number of nitrogens with zero attached hydrogens (tertiary/aromatic N) is 1. The van der Waals surface area contributed by atoms with Crippen LogP contribution in [0.3, 0.4) is 0 Å². The van der Waals surface area contributed by atoms with E-state index in [9.17, 15) is 14.7 Å². The summed E-state index contributed by atoms with van der Waals surface area (Å²) < 4.78 is 10.7. The molecule has 4 aromatic rings. The quantitative estimate of drug-likeness (QED) is 0.349. The maximum absolute atomic E-state index is 13.2. The Bertz CT molecular complexity index is 1400. The van der Waals surface area contributed by atoms with E-state index in [1.807, 2.05) is 24.3 Å². The van der Waals surface area contributed by atoms with Crippen LogP contribution in [-0.4, -0.2) is 36.1 Å². The van der Waals surface area contributed by atoms with E-state index in [0.29, 0.717) is 28.1 Å². The van der Waals surface area contributed by atoms with E-state index in [0.717, 1.165) is 12.0 Å². The smallest absolute Gasteiger partial charge is 0.257 e. The lowest BCUT2D eigenvalue weighted by Gasteiger charge is -2.16. The Morgan fingerprint density at radius 2 is 1.63 bits per heavy atom.